The van der Waals surface area contributed by atoms with E-state index in [4.69, 9.17) is 19.4 Å². The molecule has 1 aliphatic carbocycles. The molecule has 1 N–H and O–H groups in total. The molecule has 0 spiro atoms. The third-order valence-electron chi connectivity index (χ3n) is 7.54. The molecule has 0 bridgehead atoms. The highest BCUT2D eigenvalue weighted by molar-refractivity contribution is 7.12. The number of fused-ring (bicyclic) bond motifs is 1. The van der Waals surface area contributed by atoms with Crippen molar-refractivity contribution in [2.45, 2.75) is 37.6 Å². The fraction of sp³-hybridized carbons (Fsp3) is 0.560. The minimum absolute atomic E-state index is 0.00441. The fourth-order valence-electron chi connectivity index (χ4n) is 5.57. The number of aromatic nitrogens is 3. The van der Waals surface area contributed by atoms with Gasteiger partial charge in [-0.1, -0.05) is 0 Å². The Labute approximate surface area is 203 Å². The number of amides is 1. The molecular formula is C25H31N5O3S. The average molecular weight is 482 g/mol. The Balaban J connectivity index is 1.18. The second kappa shape index (κ2) is 9.73. The maximum Gasteiger partial charge on any atom is 0.283 e. The third kappa shape index (κ3) is 4.37. The van der Waals surface area contributed by atoms with Crippen LogP contribution in [0.1, 0.15) is 47.0 Å². The molecule has 1 saturated carbocycles. The SMILES string of the molecule is O=C(c1nc(-c2c[nH]c3ncc([C@H]4CC[C@H](N5CCOCC5)CC4)cc23)cs1)N1CCOCC1. The molecule has 1 amide bonds. The number of H-pyrrole nitrogens is 1. The lowest BCUT2D eigenvalue weighted by Crippen LogP contribution is -2.44. The van der Waals surface area contributed by atoms with Crippen LogP contribution in [0.15, 0.2) is 23.8 Å². The van der Waals surface area contributed by atoms with Gasteiger partial charge in [0.15, 0.2) is 5.01 Å². The number of nitrogens with zero attached hydrogens (tertiary/aromatic N) is 4. The van der Waals surface area contributed by atoms with E-state index in [0.29, 0.717) is 43.3 Å². The molecule has 3 aromatic heterocycles. The average Bonchev–Trinajstić information content (AvgIpc) is 3.56. The molecule has 5 heterocycles. The Hall–Kier alpha value is -2.33. The van der Waals surface area contributed by atoms with Gasteiger partial charge in [-0.05, 0) is 43.2 Å². The van der Waals surface area contributed by atoms with Crippen molar-refractivity contribution in [1.29, 1.82) is 0 Å². The number of hydrogen-bond acceptors (Lipinski definition) is 7. The van der Waals surface area contributed by atoms with Gasteiger partial charge in [-0.2, -0.15) is 0 Å². The molecular weight excluding hydrogens is 450 g/mol. The molecule has 2 saturated heterocycles. The van der Waals surface area contributed by atoms with Gasteiger partial charge in [0.2, 0.25) is 0 Å². The van der Waals surface area contributed by atoms with E-state index in [1.165, 1.54) is 42.6 Å². The Kier molecular flexibility index (Phi) is 6.34. The van der Waals surface area contributed by atoms with Crippen molar-refractivity contribution in [2.24, 2.45) is 0 Å². The predicted molar refractivity (Wildman–Crippen MR) is 131 cm³/mol. The zero-order chi connectivity index (χ0) is 22.9. The van der Waals surface area contributed by atoms with E-state index >= 15 is 0 Å². The van der Waals surface area contributed by atoms with Crippen molar-refractivity contribution >= 4 is 28.3 Å². The van der Waals surface area contributed by atoms with Crippen LogP contribution in [0.3, 0.4) is 0 Å². The summed E-state index contributed by atoms with van der Waals surface area (Å²) in [5.41, 5.74) is 4.04. The van der Waals surface area contributed by atoms with Crippen LogP contribution in [0.4, 0.5) is 0 Å². The van der Waals surface area contributed by atoms with Crippen LogP contribution in [0, 0.1) is 0 Å². The molecule has 0 atom stereocenters. The number of pyridine rings is 1. The molecule has 3 fully saturated rings. The number of rotatable bonds is 4. The summed E-state index contributed by atoms with van der Waals surface area (Å²) in [6.07, 6.45) is 8.88. The Bertz CT molecular complexity index is 1140. The molecule has 2 aliphatic heterocycles. The first kappa shape index (κ1) is 22.2. The summed E-state index contributed by atoms with van der Waals surface area (Å²) in [4.78, 5) is 30.0. The van der Waals surface area contributed by atoms with E-state index in [9.17, 15) is 4.79 Å². The van der Waals surface area contributed by atoms with E-state index in [-0.39, 0.29) is 5.91 Å². The summed E-state index contributed by atoms with van der Waals surface area (Å²) >= 11 is 1.41. The smallest absolute Gasteiger partial charge is 0.283 e. The van der Waals surface area contributed by atoms with Crippen molar-refractivity contribution in [3.8, 4) is 11.3 Å². The summed E-state index contributed by atoms with van der Waals surface area (Å²) in [5.74, 6) is 0.543. The monoisotopic (exact) mass is 481 g/mol. The highest BCUT2D eigenvalue weighted by Gasteiger charge is 2.28. The number of nitrogens with one attached hydrogen (secondary N) is 1. The predicted octanol–water partition coefficient (Wildman–Crippen LogP) is 3.52. The van der Waals surface area contributed by atoms with Crippen molar-refractivity contribution in [3.63, 3.8) is 0 Å². The van der Waals surface area contributed by atoms with Crippen molar-refractivity contribution in [2.75, 3.05) is 52.6 Å². The van der Waals surface area contributed by atoms with Crippen molar-refractivity contribution in [3.05, 3.63) is 34.4 Å². The maximum atomic E-state index is 12.8. The number of ether oxygens (including phenoxy) is 2. The summed E-state index contributed by atoms with van der Waals surface area (Å²) in [5, 5.41) is 3.61. The molecule has 0 radical (unpaired) electrons. The summed E-state index contributed by atoms with van der Waals surface area (Å²) in [6, 6.07) is 2.98. The number of aromatic amines is 1. The van der Waals surface area contributed by atoms with Crippen LogP contribution in [-0.4, -0.2) is 89.3 Å². The Morgan fingerprint density at radius 3 is 2.53 bits per heavy atom. The van der Waals surface area contributed by atoms with Gasteiger partial charge in [0.25, 0.3) is 5.91 Å². The minimum Gasteiger partial charge on any atom is -0.379 e. The molecule has 0 aromatic carbocycles. The van der Waals surface area contributed by atoms with Crippen LogP contribution in [-0.2, 0) is 9.47 Å². The number of hydrogen-bond donors (Lipinski definition) is 1. The van der Waals surface area contributed by atoms with Crippen LogP contribution in [0.5, 0.6) is 0 Å². The second-order valence-corrected chi connectivity index (χ2v) is 10.3. The molecule has 180 valence electrons. The lowest BCUT2D eigenvalue weighted by atomic mass is 9.81. The molecule has 6 rings (SSSR count). The number of carbonyl (C=O) groups is 1. The van der Waals surface area contributed by atoms with Gasteiger partial charge in [0, 0.05) is 60.9 Å². The Morgan fingerprint density at radius 1 is 1.03 bits per heavy atom. The van der Waals surface area contributed by atoms with Gasteiger partial charge < -0.3 is 19.4 Å². The van der Waals surface area contributed by atoms with Crippen molar-refractivity contribution < 1.29 is 14.3 Å². The van der Waals surface area contributed by atoms with E-state index in [1.807, 2.05) is 22.7 Å². The first-order chi connectivity index (χ1) is 16.8. The lowest BCUT2D eigenvalue weighted by molar-refractivity contribution is 0.00729. The highest BCUT2D eigenvalue weighted by Crippen LogP contribution is 2.37. The van der Waals surface area contributed by atoms with Crippen LogP contribution >= 0.6 is 11.3 Å². The molecule has 9 heteroatoms. The quantitative estimate of drug-likeness (QED) is 0.614. The number of thiazole rings is 1. The summed E-state index contributed by atoms with van der Waals surface area (Å²) in [6.45, 7) is 6.31. The maximum absolute atomic E-state index is 12.8. The molecule has 3 aromatic rings. The Morgan fingerprint density at radius 2 is 1.76 bits per heavy atom. The summed E-state index contributed by atoms with van der Waals surface area (Å²) < 4.78 is 10.9. The van der Waals surface area contributed by atoms with E-state index in [2.05, 4.69) is 16.0 Å². The van der Waals surface area contributed by atoms with Gasteiger partial charge in [-0.3, -0.25) is 9.69 Å². The third-order valence-corrected chi connectivity index (χ3v) is 8.37. The first-order valence-electron chi connectivity index (χ1n) is 12.4. The molecule has 8 nitrogen and oxygen atoms in total. The second-order valence-electron chi connectivity index (χ2n) is 9.46. The number of morpholine rings is 2. The van der Waals surface area contributed by atoms with Crippen LogP contribution in [0.2, 0.25) is 0 Å². The van der Waals surface area contributed by atoms with Gasteiger partial charge in [0.05, 0.1) is 32.1 Å². The highest BCUT2D eigenvalue weighted by atomic mass is 32.1. The van der Waals surface area contributed by atoms with Crippen molar-refractivity contribution in [1.82, 2.24) is 24.8 Å². The van der Waals surface area contributed by atoms with E-state index < -0.39 is 0 Å². The normalized spacial score (nSPS) is 24.5. The minimum atomic E-state index is -0.00441. The van der Waals surface area contributed by atoms with Gasteiger partial charge in [-0.25, -0.2) is 9.97 Å². The topological polar surface area (TPSA) is 83.6 Å². The molecule has 3 aliphatic rings. The largest absolute Gasteiger partial charge is 0.379 e. The van der Waals surface area contributed by atoms with Gasteiger partial charge >= 0.3 is 0 Å². The fourth-order valence-corrected chi connectivity index (χ4v) is 6.35. The summed E-state index contributed by atoms with van der Waals surface area (Å²) in [7, 11) is 0. The lowest BCUT2D eigenvalue weighted by Gasteiger charge is -2.38. The van der Waals surface area contributed by atoms with E-state index in [1.54, 1.807) is 0 Å². The van der Waals surface area contributed by atoms with E-state index in [0.717, 1.165) is 48.6 Å². The zero-order valence-corrected chi connectivity index (χ0v) is 20.2. The van der Waals surface area contributed by atoms with Crippen LogP contribution in [0.25, 0.3) is 22.3 Å². The number of carbonyl (C=O) groups excluding carboxylic acids is 1. The van der Waals surface area contributed by atoms with Crippen LogP contribution < -0.4 is 0 Å². The molecule has 0 unspecified atom stereocenters. The van der Waals surface area contributed by atoms with Gasteiger partial charge in [-0.15, -0.1) is 11.3 Å². The first-order valence-corrected chi connectivity index (χ1v) is 13.3. The van der Waals surface area contributed by atoms with Gasteiger partial charge in [0.1, 0.15) is 5.65 Å². The standard InChI is InChI=1S/C25H31N5O3S/c31-25(30-7-11-33-12-8-30)24-28-22(16-34-24)21-15-27-23-20(21)13-18(14-26-23)17-1-3-19(4-2-17)29-5-9-32-10-6-29/h13-17,19H,1-12H2,(H,26,27)/t17-,19-. The molecule has 34 heavy (non-hydrogen) atoms. The zero-order valence-electron chi connectivity index (χ0n) is 19.4.